The van der Waals surface area contributed by atoms with Crippen LogP contribution in [0.25, 0.3) is 0 Å². The molecular weight excluding hydrogens is 150 g/mol. The summed E-state index contributed by atoms with van der Waals surface area (Å²) in [6, 6.07) is 2.01. The molecule has 0 unspecified atom stereocenters. The highest BCUT2D eigenvalue weighted by atomic mass is 32.1. The van der Waals surface area contributed by atoms with Crippen LogP contribution in [0.2, 0.25) is 0 Å². The summed E-state index contributed by atoms with van der Waals surface area (Å²) in [6.45, 7) is 2.00. The lowest BCUT2D eigenvalue weighted by Crippen LogP contribution is -1.57. The number of hydrogen-bond donors (Lipinski definition) is 0. The van der Waals surface area contributed by atoms with Gasteiger partial charge in [0.2, 0.25) is 0 Å². The van der Waals surface area contributed by atoms with Crippen molar-refractivity contribution in [3.63, 3.8) is 0 Å². The van der Waals surface area contributed by atoms with E-state index in [4.69, 9.17) is 0 Å². The zero-order chi connectivity index (χ0) is 6.69. The van der Waals surface area contributed by atoms with Gasteiger partial charge in [-0.15, -0.1) is 11.3 Å². The number of thiocarbonyl (C=S) groups is 1. The van der Waals surface area contributed by atoms with Gasteiger partial charge in [0.05, 0.1) is 5.16 Å². The lowest BCUT2D eigenvalue weighted by molar-refractivity contribution is 1.50. The lowest BCUT2D eigenvalue weighted by atomic mass is 10.4. The van der Waals surface area contributed by atoms with E-state index in [2.05, 4.69) is 22.4 Å². The zero-order valence-corrected chi connectivity index (χ0v) is 6.55. The normalized spacial score (nSPS) is 8.56. The van der Waals surface area contributed by atoms with Crippen molar-refractivity contribution in [3.05, 3.63) is 17.0 Å². The fourth-order valence-electron chi connectivity index (χ4n) is 0.521. The summed E-state index contributed by atoms with van der Waals surface area (Å²) in [7, 11) is 0. The van der Waals surface area contributed by atoms with Crippen LogP contribution in [-0.4, -0.2) is 5.16 Å². The van der Waals surface area contributed by atoms with Crippen molar-refractivity contribution in [1.29, 1.82) is 0 Å². The van der Waals surface area contributed by atoms with Crippen LogP contribution in [0, 0.1) is 6.92 Å². The van der Waals surface area contributed by atoms with Crippen molar-refractivity contribution in [3.8, 4) is 0 Å². The first-order valence-corrected chi connectivity index (χ1v) is 3.75. The molecule has 46 valence electrons. The third-order valence-electron chi connectivity index (χ3n) is 0.982. The van der Waals surface area contributed by atoms with Gasteiger partial charge in [-0.2, -0.15) is 4.99 Å². The summed E-state index contributed by atoms with van der Waals surface area (Å²) < 4.78 is 0. The molecule has 0 aliphatic carbocycles. The maximum absolute atomic E-state index is 4.45. The molecule has 1 aromatic heterocycles. The van der Waals surface area contributed by atoms with E-state index < -0.39 is 0 Å². The van der Waals surface area contributed by atoms with E-state index in [1.807, 2.05) is 18.4 Å². The first-order valence-electron chi connectivity index (χ1n) is 2.46. The Morgan fingerprint density at radius 3 is 3.00 bits per heavy atom. The first kappa shape index (κ1) is 6.62. The van der Waals surface area contributed by atoms with Crippen LogP contribution in [0.1, 0.15) is 5.56 Å². The van der Waals surface area contributed by atoms with Crippen LogP contribution < -0.4 is 0 Å². The third-order valence-corrected chi connectivity index (χ3v) is 1.98. The van der Waals surface area contributed by atoms with Crippen LogP contribution >= 0.6 is 23.6 Å². The van der Waals surface area contributed by atoms with E-state index in [9.17, 15) is 0 Å². The summed E-state index contributed by atoms with van der Waals surface area (Å²) in [6.07, 6.45) is 0. The van der Waals surface area contributed by atoms with Gasteiger partial charge in [-0.3, -0.25) is 0 Å². The third kappa shape index (κ3) is 1.45. The molecule has 1 rings (SSSR count). The predicted molar refractivity (Wildman–Crippen MR) is 43.7 cm³/mol. The highest BCUT2D eigenvalue weighted by Crippen LogP contribution is 2.24. The quantitative estimate of drug-likeness (QED) is 0.448. The molecule has 0 aliphatic heterocycles. The number of rotatable bonds is 1. The van der Waals surface area contributed by atoms with E-state index in [1.165, 1.54) is 0 Å². The molecule has 0 bridgehead atoms. The molecule has 0 radical (unpaired) electrons. The van der Waals surface area contributed by atoms with Gasteiger partial charge in [0, 0.05) is 0 Å². The minimum atomic E-state index is 0.963. The monoisotopic (exact) mass is 155 g/mol. The van der Waals surface area contributed by atoms with E-state index in [1.54, 1.807) is 11.3 Å². The number of aliphatic imine (C=N–C) groups is 1. The number of nitrogens with zero attached hydrogens (tertiary/aromatic N) is 1. The minimum absolute atomic E-state index is 0.963. The minimum Gasteiger partial charge on any atom is -0.183 e. The van der Waals surface area contributed by atoms with Gasteiger partial charge < -0.3 is 0 Å². The Labute approximate surface area is 63.1 Å². The standard InChI is InChI=1S/C6H5NS2/c1-5-2-3-9-6(5)7-4-8/h2-3H,1H3. The first-order chi connectivity index (χ1) is 4.34. The molecule has 0 amide bonds. The fourth-order valence-corrected chi connectivity index (χ4v) is 1.42. The summed E-state index contributed by atoms with van der Waals surface area (Å²) in [5.41, 5.74) is 1.16. The van der Waals surface area contributed by atoms with Gasteiger partial charge >= 0.3 is 0 Å². The lowest BCUT2D eigenvalue weighted by Gasteiger charge is -1.81. The maximum atomic E-state index is 4.45. The molecule has 0 N–H and O–H groups in total. The Morgan fingerprint density at radius 1 is 1.78 bits per heavy atom. The summed E-state index contributed by atoms with van der Waals surface area (Å²) in [4.78, 5) is 3.85. The molecule has 3 heteroatoms. The summed E-state index contributed by atoms with van der Waals surface area (Å²) >= 11 is 6.03. The van der Waals surface area contributed by atoms with Gasteiger partial charge in [-0.25, -0.2) is 0 Å². The Balaban J connectivity index is 3.07. The van der Waals surface area contributed by atoms with Gasteiger partial charge in [0.15, 0.2) is 0 Å². The molecule has 1 nitrogen and oxygen atoms in total. The van der Waals surface area contributed by atoms with E-state index in [0.717, 1.165) is 10.6 Å². The van der Waals surface area contributed by atoms with Crippen molar-refractivity contribution in [1.82, 2.24) is 0 Å². The average Bonchev–Trinajstić information content (AvgIpc) is 2.18. The zero-order valence-electron chi connectivity index (χ0n) is 4.92. The number of hydrogen-bond acceptors (Lipinski definition) is 3. The van der Waals surface area contributed by atoms with Gasteiger partial charge in [0.1, 0.15) is 5.00 Å². The van der Waals surface area contributed by atoms with Crippen molar-refractivity contribution >= 4 is 33.7 Å². The Kier molecular flexibility index (Phi) is 2.11. The van der Waals surface area contributed by atoms with Gasteiger partial charge in [-0.05, 0) is 36.2 Å². The number of aryl methyl sites for hydroxylation is 1. The van der Waals surface area contributed by atoms with E-state index in [-0.39, 0.29) is 0 Å². The second kappa shape index (κ2) is 2.87. The second-order valence-electron chi connectivity index (χ2n) is 1.61. The van der Waals surface area contributed by atoms with Gasteiger partial charge in [-0.1, -0.05) is 0 Å². The largest absolute Gasteiger partial charge is 0.183 e. The van der Waals surface area contributed by atoms with E-state index in [0.29, 0.717) is 0 Å². The second-order valence-corrected chi connectivity index (χ2v) is 2.69. The molecule has 0 spiro atoms. The number of thiophene rings is 1. The molecular formula is C6H5NS2. The molecule has 0 atom stereocenters. The Hall–Kier alpha value is -0.500. The Bertz CT molecular complexity index is 245. The SMILES string of the molecule is Cc1ccsc1N=C=S. The van der Waals surface area contributed by atoms with Crippen molar-refractivity contribution in [2.24, 2.45) is 4.99 Å². The highest BCUT2D eigenvalue weighted by molar-refractivity contribution is 7.78. The van der Waals surface area contributed by atoms with Crippen LogP contribution in [0.4, 0.5) is 5.00 Å². The maximum Gasteiger partial charge on any atom is 0.129 e. The van der Waals surface area contributed by atoms with Crippen LogP contribution in [0.15, 0.2) is 16.4 Å². The molecule has 1 aromatic rings. The average molecular weight is 155 g/mol. The molecule has 0 saturated heterocycles. The molecule has 1 heterocycles. The summed E-state index contributed by atoms with van der Waals surface area (Å²) in [5, 5.41) is 5.28. The fraction of sp³-hybridized carbons (Fsp3) is 0.167. The molecule has 9 heavy (non-hydrogen) atoms. The number of isothiocyanates is 1. The summed E-state index contributed by atoms with van der Waals surface area (Å²) in [5.74, 6) is 0. The molecule has 0 saturated carbocycles. The van der Waals surface area contributed by atoms with Gasteiger partial charge in [0.25, 0.3) is 0 Å². The van der Waals surface area contributed by atoms with E-state index >= 15 is 0 Å². The van der Waals surface area contributed by atoms with Crippen LogP contribution in [-0.2, 0) is 0 Å². The molecule has 0 aliphatic rings. The molecule has 0 aromatic carbocycles. The highest BCUT2D eigenvalue weighted by Gasteiger charge is 1.92. The van der Waals surface area contributed by atoms with Crippen molar-refractivity contribution < 1.29 is 0 Å². The van der Waals surface area contributed by atoms with Crippen LogP contribution in [0.5, 0.6) is 0 Å². The van der Waals surface area contributed by atoms with Crippen molar-refractivity contribution in [2.75, 3.05) is 0 Å². The predicted octanol–water partition coefficient (Wildman–Crippen LogP) is 2.79. The topological polar surface area (TPSA) is 12.4 Å². The smallest absolute Gasteiger partial charge is 0.129 e. The van der Waals surface area contributed by atoms with Crippen molar-refractivity contribution in [2.45, 2.75) is 6.92 Å². The van der Waals surface area contributed by atoms with Crippen LogP contribution in [0.3, 0.4) is 0 Å². The molecule has 0 fully saturated rings. The Morgan fingerprint density at radius 2 is 2.56 bits per heavy atom.